The molecule has 3 aliphatic rings. The van der Waals surface area contributed by atoms with Crippen LogP contribution in [0.5, 0.6) is 0 Å². The number of halogens is 3. The first kappa shape index (κ1) is 34.3. The molecule has 0 radical (unpaired) electrons. The van der Waals surface area contributed by atoms with Gasteiger partial charge in [0.05, 0.1) is 5.92 Å². The van der Waals surface area contributed by atoms with Gasteiger partial charge in [0, 0.05) is 50.5 Å². The number of Topliss-reactive ketones (excluding diaryl/α,β-unsaturated/α-hetero) is 1. The molecule has 5 atom stereocenters. The van der Waals surface area contributed by atoms with Gasteiger partial charge in [-0.2, -0.15) is 13.2 Å². The smallest absolute Gasteiger partial charge is 0.337 e. The molecule has 0 N–H and O–H groups in total. The third-order valence-corrected chi connectivity index (χ3v) is 9.24. The minimum absolute atomic E-state index is 0.0123. The lowest BCUT2D eigenvalue weighted by atomic mass is 9.79. The van der Waals surface area contributed by atoms with E-state index in [0.29, 0.717) is 38.4 Å². The number of allylic oxidation sites excluding steroid dienone is 5. The predicted octanol–water partition coefficient (Wildman–Crippen LogP) is 8.46. The van der Waals surface area contributed by atoms with Gasteiger partial charge in [-0.3, -0.25) is 9.69 Å². The van der Waals surface area contributed by atoms with Crippen molar-refractivity contribution < 1.29 is 22.8 Å². The first-order valence-corrected chi connectivity index (χ1v) is 16.1. The summed E-state index contributed by atoms with van der Waals surface area (Å²) in [6.45, 7) is 12.4. The largest absolute Gasteiger partial charge is 0.395 e. The lowest BCUT2D eigenvalue weighted by Gasteiger charge is -2.51. The Kier molecular flexibility index (Phi) is 12.7. The zero-order valence-corrected chi connectivity index (χ0v) is 26.5. The molecule has 2 aliphatic carbocycles. The summed E-state index contributed by atoms with van der Waals surface area (Å²) in [5.41, 5.74) is 0.812. The van der Waals surface area contributed by atoms with E-state index in [1.807, 2.05) is 12.2 Å². The van der Waals surface area contributed by atoms with Crippen molar-refractivity contribution in [2.24, 2.45) is 23.2 Å². The van der Waals surface area contributed by atoms with Crippen LogP contribution in [0.3, 0.4) is 0 Å². The highest BCUT2D eigenvalue weighted by atomic mass is 19.4. The van der Waals surface area contributed by atoms with Crippen LogP contribution < -0.4 is 0 Å². The first-order valence-electron chi connectivity index (χ1n) is 16.1. The highest BCUT2D eigenvalue weighted by molar-refractivity contribution is 5.77. The van der Waals surface area contributed by atoms with Crippen molar-refractivity contribution in [3.8, 4) is 0 Å². The van der Waals surface area contributed by atoms with Crippen LogP contribution in [-0.2, 0) is 9.59 Å². The fourth-order valence-corrected chi connectivity index (χ4v) is 6.86. The molecule has 236 valence electrons. The molecule has 0 saturated carbocycles. The summed E-state index contributed by atoms with van der Waals surface area (Å²) in [4.78, 5) is 29.6. The highest BCUT2D eigenvalue weighted by Crippen LogP contribution is 2.38. The molecule has 4 nitrogen and oxygen atoms in total. The van der Waals surface area contributed by atoms with E-state index in [0.717, 1.165) is 50.5 Å². The number of ketones is 1. The summed E-state index contributed by atoms with van der Waals surface area (Å²) in [6.07, 6.45) is 17.1. The van der Waals surface area contributed by atoms with Crippen molar-refractivity contribution in [2.75, 3.05) is 19.6 Å². The van der Waals surface area contributed by atoms with E-state index < -0.39 is 12.1 Å². The molecule has 1 fully saturated rings. The quantitative estimate of drug-likeness (QED) is 0.202. The van der Waals surface area contributed by atoms with Gasteiger partial charge < -0.3 is 9.69 Å². The maximum Gasteiger partial charge on any atom is 0.395 e. The standard InChI is InChI=1S/C35H53F3N2O2/c1-6-13-27(15-10-7-9-14-26(2)41)24-32(42)40-23-22-39(25-31(40)34(3,4)5)33(28-16-11-8-12-17-28)29-18-20-30(21-19-29)35(36,37)38/h8,11-12,16,18-20,27-28,30-31,33H,6-7,9-10,13-15,17,21-25H2,1-5H3/t27?,28?,30?,31-,33?/m1/s1. The zero-order chi connectivity index (χ0) is 30.9. The summed E-state index contributed by atoms with van der Waals surface area (Å²) in [5.74, 6) is -0.441. The second kappa shape index (κ2) is 15.5. The SMILES string of the molecule is CCCC(CCCCCC(C)=O)CC(=O)N1CCN(C(C2=CCC(C(F)(F)F)C=C2)C2C=CC=CC2)C[C@@H]1C(C)(C)C. The highest BCUT2D eigenvalue weighted by Gasteiger charge is 2.43. The second-order valence-corrected chi connectivity index (χ2v) is 13.7. The number of carbonyl (C=O) groups is 2. The lowest BCUT2D eigenvalue weighted by molar-refractivity contribution is -0.160. The molecule has 0 aromatic heterocycles. The second-order valence-electron chi connectivity index (χ2n) is 13.7. The molecule has 1 aliphatic heterocycles. The van der Waals surface area contributed by atoms with Crippen LogP contribution in [0.15, 0.2) is 48.1 Å². The minimum Gasteiger partial charge on any atom is -0.337 e. The van der Waals surface area contributed by atoms with Crippen LogP contribution in [0.2, 0.25) is 0 Å². The Morgan fingerprint density at radius 3 is 2.33 bits per heavy atom. The summed E-state index contributed by atoms with van der Waals surface area (Å²) in [7, 11) is 0. The summed E-state index contributed by atoms with van der Waals surface area (Å²) >= 11 is 0. The van der Waals surface area contributed by atoms with Crippen LogP contribution >= 0.6 is 0 Å². The van der Waals surface area contributed by atoms with E-state index in [2.05, 4.69) is 49.6 Å². The molecule has 1 amide bonds. The Morgan fingerprint density at radius 2 is 1.76 bits per heavy atom. The maximum atomic E-state index is 13.8. The molecule has 0 spiro atoms. The van der Waals surface area contributed by atoms with E-state index >= 15 is 0 Å². The molecule has 0 bridgehead atoms. The molecule has 0 aromatic rings. The van der Waals surface area contributed by atoms with E-state index in [-0.39, 0.29) is 41.5 Å². The predicted molar refractivity (Wildman–Crippen MR) is 165 cm³/mol. The van der Waals surface area contributed by atoms with Crippen LogP contribution in [-0.4, -0.2) is 59.4 Å². The number of piperazine rings is 1. The number of hydrogen-bond donors (Lipinski definition) is 0. The van der Waals surface area contributed by atoms with E-state index in [9.17, 15) is 22.8 Å². The molecular formula is C35H53F3N2O2. The van der Waals surface area contributed by atoms with E-state index in [4.69, 9.17) is 0 Å². The van der Waals surface area contributed by atoms with Gasteiger partial charge >= 0.3 is 6.18 Å². The number of unbranched alkanes of at least 4 members (excludes halogenated alkanes) is 2. The van der Waals surface area contributed by atoms with Crippen LogP contribution in [0.4, 0.5) is 13.2 Å². The van der Waals surface area contributed by atoms with Gasteiger partial charge in [0.2, 0.25) is 5.91 Å². The average Bonchev–Trinajstić information content (AvgIpc) is 2.93. The molecule has 1 saturated heterocycles. The molecule has 42 heavy (non-hydrogen) atoms. The zero-order valence-electron chi connectivity index (χ0n) is 26.5. The fraction of sp³-hybridized carbons (Fsp3) is 0.714. The minimum atomic E-state index is -4.23. The van der Waals surface area contributed by atoms with Gasteiger partial charge in [0.1, 0.15) is 5.78 Å². The van der Waals surface area contributed by atoms with E-state index in [1.165, 1.54) is 6.08 Å². The third kappa shape index (κ3) is 9.96. The van der Waals surface area contributed by atoms with Crippen molar-refractivity contribution in [3.05, 3.63) is 48.1 Å². The number of carbonyl (C=O) groups excluding carboxylic acids is 2. The van der Waals surface area contributed by atoms with Gasteiger partial charge in [0.25, 0.3) is 0 Å². The average molecular weight is 591 g/mol. The molecular weight excluding hydrogens is 537 g/mol. The number of amides is 1. The Labute approximate surface area is 252 Å². The van der Waals surface area contributed by atoms with Gasteiger partial charge in [-0.1, -0.05) is 95.9 Å². The van der Waals surface area contributed by atoms with Crippen molar-refractivity contribution >= 4 is 11.7 Å². The van der Waals surface area contributed by atoms with Gasteiger partial charge in [-0.15, -0.1) is 0 Å². The molecule has 3 rings (SSSR count). The summed E-state index contributed by atoms with van der Waals surface area (Å²) in [5, 5.41) is 0. The van der Waals surface area contributed by atoms with Crippen molar-refractivity contribution in [3.63, 3.8) is 0 Å². The summed E-state index contributed by atoms with van der Waals surface area (Å²) in [6, 6.07) is -0.0140. The fourth-order valence-electron chi connectivity index (χ4n) is 6.86. The lowest BCUT2D eigenvalue weighted by Crippen LogP contribution is -2.62. The van der Waals surface area contributed by atoms with E-state index in [1.54, 1.807) is 19.1 Å². The first-order chi connectivity index (χ1) is 19.8. The Hall–Kier alpha value is -2.15. The van der Waals surface area contributed by atoms with Crippen LogP contribution in [0.1, 0.15) is 98.8 Å². The van der Waals surface area contributed by atoms with Gasteiger partial charge in [-0.25, -0.2) is 0 Å². The van der Waals surface area contributed by atoms with Crippen LogP contribution in [0, 0.1) is 23.2 Å². The topological polar surface area (TPSA) is 40.6 Å². The van der Waals surface area contributed by atoms with Gasteiger partial charge in [-0.05, 0) is 49.5 Å². The summed E-state index contributed by atoms with van der Waals surface area (Å²) < 4.78 is 40.2. The molecule has 4 unspecified atom stereocenters. The maximum absolute atomic E-state index is 13.8. The molecule has 0 aromatic carbocycles. The number of alkyl halides is 3. The van der Waals surface area contributed by atoms with Gasteiger partial charge in [0.15, 0.2) is 0 Å². The molecule has 7 heteroatoms. The monoisotopic (exact) mass is 590 g/mol. The Balaban J connectivity index is 1.74. The number of rotatable bonds is 13. The normalized spacial score (nSPS) is 24.9. The number of hydrogen-bond acceptors (Lipinski definition) is 3. The van der Waals surface area contributed by atoms with Crippen molar-refractivity contribution in [2.45, 2.75) is 117 Å². The van der Waals surface area contributed by atoms with Crippen molar-refractivity contribution in [1.82, 2.24) is 9.80 Å². The Bertz CT molecular complexity index is 1020. The Morgan fingerprint density at radius 1 is 1.00 bits per heavy atom. The van der Waals surface area contributed by atoms with Crippen LogP contribution in [0.25, 0.3) is 0 Å². The molecule has 1 heterocycles. The number of nitrogens with zero attached hydrogens (tertiary/aromatic N) is 2. The third-order valence-electron chi connectivity index (χ3n) is 9.24. The van der Waals surface area contributed by atoms with Crippen molar-refractivity contribution in [1.29, 1.82) is 0 Å².